The summed E-state index contributed by atoms with van der Waals surface area (Å²) >= 11 is 0. The summed E-state index contributed by atoms with van der Waals surface area (Å²) in [6.07, 6.45) is 7.09. The molecule has 8 nitrogen and oxygen atoms in total. The van der Waals surface area contributed by atoms with Gasteiger partial charge in [0.25, 0.3) is 0 Å². The van der Waals surface area contributed by atoms with E-state index in [4.69, 9.17) is 4.74 Å². The zero-order chi connectivity index (χ0) is 26.9. The second-order valence-corrected chi connectivity index (χ2v) is 12.2. The number of rotatable bonds is 10. The van der Waals surface area contributed by atoms with E-state index in [-0.39, 0.29) is 22.8 Å². The molecule has 2 aromatic carbocycles. The highest BCUT2D eigenvalue weighted by Gasteiger charge is 2.29. The minimum Gasteiger partial charge on any atom is -0.363 e. The molecule has 38 heavy (non-hydrogen) atoms. The number of imidazole rings is 1. The van der Waals surface area contributed by atoms with Crippen molar-refractivity contribution in [1.29, 1.82) is 5.26 Å². The molecule has 1 aliphatic rings. The second kappa shape index (κ2) is 10.6. The third-order valence-corrected chi connectivity index (χ3v) is 8.97. The van der Waals surface area contributed by atoms with Crippen molar-refractivity contribution in [2.45, 2.75) is 56.6 Å². The molecule has 0 bridgehead atoms. The van der Waals surface area contributed by atoms with Crippen molar-refractivity contribution in [2.75, 3.05) is 17.8 Å². The van der Waals surface area contributed by atoms with Crippen LogP contribution in [-0.2, 0) is 28.0 Å². The lowest BCUT2D eigenvalue weighted by Gasteiger charge is -2.30. The molecule has 0 spiro atoms. The van der Waals surface area contributed by atoms with Gasteiger partial charge in [0, 0.05) is 43.0 Å². The molecule has 1 N–H and O–H groups in total. The SMILES string of the molecule is CC(C)OCNc1ccc(-c2c(C#N)c3ccc(S(=O)(=O)CCc4nccn4C)cc3n2C2CCC2)cc1. The average molecular weight is 532 g/mol. The standard InChI is InChI=1S/C29H33N5O3S/c1-20(2)37-19-32-22-9-7-21(8-10-22)29-26(18-30)25-12-11-24(17-27(25)34(29)23-5-4-6-23)38(35,36)16-13-28-31-14-15-33(28)3/h7-12,14-15,17,20,23,32H,4-6,13,16,19H2,1-3H3. The smallest absolute Gasteiger partial charge is 0.178 e. The van der Waals surface area contributed by atoms with Crippen molar-refractivity contribution in [1.82, 2.24) is 14.1 Å². The Morgan fingerprint density at radius 3 is 2.55 bits per heavy atom. The number of fused-ring (bicyclic) bond motifs is 1. The quantitative estimate of drug-likeness (QED) is 0.273. The highest BCUT2D eigenvalue weighted by Crippen LogP contribution is 2.43. The number of nitrogens with one attached hydrogen (secondary N) is 1. The van der Waals surface area contributed by atoms with E-state index < -0.39 is 9.84 Å². The molecule has 9 heteroatoms. The Labute approximate surface area is 223 Å². The minimum absolute atomic E-state index is 0.0273. The van der Waals surface area contributed by atoms with E-state index in [1.807, 2.05) is 55.9 Å². The largest absolute Gasteiger partial charge is 0.363 e. The average Bonchev–Trinajstić information content (AvgIpc) is 3.42. The Morgan fingerprint density at radius 1 is 1.18 bits per heavy atom. The van der Waals surface area contributed by atoms with Crippen LogP contribution >= 0.6 is 0 Å². The molecule has 5 rings (SSSR count). The van der Waals surface area contributed by atoms with Crippen LogP contribution in [0.4, 0.5) is 5.69 Å². The van der Waals surface area contributed by atoms with Crippen LogP contribution in [0.25, 0.3) is 22.2 Å². The number of hydrogen-bond donors (Lipinski definition) is 1. The third kappa shape index (κ3) is 5.06. The fraction of sp³-hybridized carbons (Fsp3) is 0.379. The monoisotopic (exact) mass is 531 g/mol. The Hall–Kier alpha value is -3.61. The van der Waals surface area contributed by atoms with Crippen LogP contribution in [0.3, 0.4) is 0 Å². The number of nitrogens with zero attached hydrogens (tertiary/aromatic N) is 4. The topological polar surface area (TPSA) is 102 Å². The van der Waals surface area contributed by atoms with Gasteiger partial charge in [0.2, 0.25) is 0 Å². The van der Waals surface area contributed by atoms with Gasteiger partial charge in [-0.25, -0.2) is 13.4 Å². The first-order valence-corrected chi connectivity index (χ1v) is 14.7. The summed E-state index contributed by atoms with van der Waals surface area (Å²) in [6, 6.07) is 15.8. The molecule has 0 radical (unpaired) electrons. The van der Waals surface area contributed by atoms with E-state index in [9.17, 15) is 13.7 Å². The summed E-state index contributed by atoms with van der Waals surface area (Å²) in [5.74, 6) is 0.704. The number of aromatic nitrogens is 3. The summed E-state index contributed by atoms with van der Waals surface area (Å²) in [4.78, 5) is 4.53. The van der Waals surface area contributed by atoms with Crippen molar-refractivity contribution >= 4 is 26.4 Å². The molecule has 0 atom stereocenters. The Bertz CT molecular complexity index is 1590. The summed E-state index contributed by atoms with van der Waals surface area (Å²) in [5.41, 5.74) is 4.08. The number of hydrogen-bond acceptors (Lipinski definition) is 6. The predicted molar refractivity (Wildman–Crippen MR) is 149 cm³/mol. The number of aryl methyl sites for hydroxylation is 2. The van der Waals surface area contributed by atoms with Crippen molar-refractivity contribution in [2.24, 2.45) is 7.05 Å². The first kappa shape index (κ1) is 26.0. The number of benzene rings is 2. The van der Waals surface area contributed by atoms with Gasteiger partial charge in [0.05, 0.1) is 33.5 Å². The summed E-state index contributed by atoms with van der Waals surface area (Å²) in [7, 11) is -1.68. The van der Waals surface area contributed by atoms with E-state index in [0.29, 0.717) is 18.7 Å². The molecule has 1 fully saturated rings. The van der Waals surface area contributed by atoms with E-state index in [1.165, 1.54) is 0 Å². The van der Waals surface area contributed by atoms with Crippen LogP contribution in [0.2, 0.25) is 0 Å². The van der Waals surface area contributed by atoms with Crippen LogP contribution in [0, 0.1) is 11.3 Å². The van der Waals surface area contributed by atoms with Gasteiger partial charge in [-0.2, -0.15) is 5.26 Å². The third-order valence-electron chi connectivity index (χ3n) is 7.25. The van der Waals surface area contributed by atoms with Crippen molar-refractivity contribution < 1.29 is 13.2 Å². The normalized spacial score (nSPS) is 14.1. The zero-order valence-electron chi connectivity index (χ0n) is 22.0. The summed E-state index contributed by atoms with van der Waals surface area (Å²) in [5, 5.41) is 14.2. The maximum Gasteiger partial charge on any atom is 0.178 e. The molecule has 0 amide bonds. The Kier molecular flexibility index (Phi) is 7.28. The minimum atomic E-state index is -3.54. The molecule has 0 unspecified atom stereocenters. The Morgan fingerprint density at radius 2 is 1.95 bits per heavy atom. The van der Waals surface area contributed by atoms with Gasteiger partial charge in [-0.15, -0.1) is 0 Å². The van der Waals surface area contributed by atoms with E-state index in [1.54, 1.807) is 24.4 Å². The fourth-order valence-electron chi connectivity index (χ4n) is 4.92. The molecule has 4 aromatic rings. The van der Waals surface area contributed by atoms with Gasteiger partial charge in [0.1, 0.15) is 18.6 Å². The second-order valence-electron chi connectivity index (χ2n) is 10.1. The predicted octanol–water partition coefficient (Wildman–Crippen LogP) is 5.45. The van der Waals surface area contributed by atoms with Crippen LogP contribution < -0.4 is 5.32 Å². The van der Waals surface area contributed by atoms with Crippen LogP contribution in [0.15, 0.2) is 59.8 Å². The zero-order valence-corrected chi connectivity index (χ0v) is 22.8. The van der Waals surface area contributed by atoms with Gasteiger partial charge in [-0.1, -0.05) is 18.2 Å². The Balaban J connectivity index is 1.53. The van der Waals surface area contributed by atoms with Crippen molar-refractivity contribution in [3.8, 4) is 17.3 Å². The van der Waals surface area contributed by atoms with E-state index in [0.717, 1.165) is 52.9 Å². The molecule has 2 aromatic heterocycles. The van der Waals surface area contributed by atoms with Crippen LogP contribution in [-0.4, -0.2) is 41.1 Å². The highest BCUT2D eigenvalue weighted by molar-refractivity contribution is 7.91. The van der Waals surface area contributed by atoms with Crippen molar-refractivity contribution in [3.63, 3.8) is 0 Å². The van der Waals surface area contributed by atoms with Gasteiger partial charge < -0.3 is 19.2 Å². The highest BCUT2D eigenvalue weighted by atomic mass is 32.2. The lowest BCUT2D eigenvalue weighted by molar-refractivity contribution is 0.0939. The first-order chi connectivity index (χ1) is 18.3. The lowest BCUT2D eigenvalue weighted by atomic mass is 9.92. The first-order valence-electron chi connectivity index (χ1n) is 13.0. The van der Waals surface area contributed by atoms with Gasteiger partial charge in [-0.05, 0) is 62.9 Å². The summed E-state index contributed by atoms with van der Waals surface area (Å²) < 4.78 is 36.2. The number of nitriles is 1. The van der Waals surface area contributed by atoms with Crippen LogP contribution in [0.1, 0.15) is 50.5 Å². The van der Waals surface area contributed by atoms with E-state index >= 15 is 0 Å². The molecule has 198 valence electrons. The molecule has 0 aliphatic heterocycles. The molecule has 1 saturated carbocycles. The molecule has 1 aliphatic carbocycles. The number of ether oxygens (including phenoxy) is 1. The van der Waals surface area contributed by atoms with Gasteiger partial charge in [0.15, 0.2) is 9.84 Å². The maximum absolute atomic E-state index is 13.3. The molecule has 2 heterocycles. The van der Waals surface area contributed by atoms with E-state index in [2.05, 4.69) is 20.9 Å². The number of sulfone groups is 1. The molecular formula is C29H33N5O3S. The lowest BCUT2D eigenvalue weighted by Crippen LogP contribution is -2.18. The van der Waals surface area contributed by atoms with Crippen LogP contribution in [0.5, 0.6) is 0 Å². The molecule has 0 saturated heterocycles. The number of anilines is 1. The maximum atomic E-state index is 13.3. The van der Waals surface area contributed by atoms with Gasteiger partial charge in [-0.3, -0.25) is 0 Å². The van der Waals surface area contributed by atoms with Crippen molar-refractivity contribution in [3.05, 3.63) is 66.2 Å². The molecular weight excluding hydrogens is 498 g/mol. The summed E-state index contributed by atoms with van der Waals surface area (Å²) in [6.45, 7) is 4.40. The fourth-order valence-corrected chi connectivity index (χ4v) is 6.18. The van der Waals surface area contributed by atoms with Gasteiger partial charge >= 0.3 is 0 Å².